The molecule has 0 aliphatic carbocycles. The number of alkyl halides is 3. The van der Waals surface area contributed by atoms with E-state index in [1.165, 1.54) is 0 Å². The maximum absolute atomic E-state index is 12.0. The van der Waals surface area contributed by atoms with Gasteiger partial charge in [-0.3, -0.25) is 0 Å². The van der Waals surface area contributed by atoms with Crippen molar-refractivity contribution >= 4 is 0 Å². The van der Waals surface area contributed by atoms with Crippen LogP contribution in [0.2, 0.25) is 0 Å². The second kappa shape index (κ2) is 5.70. The third-order valence-corrected chi connectivity index (χ3v) is 2.67. The van der Waals surface area contributed by atoms with Gasteiger partial charge in [0.2, 0.25) is 0 Å². The Morgan fingerprint density at radius 2 is 2.13 bits per heavy atom. The summed E-state index contributed by atoms with van der Waals surface area (Å²) in [4.78, 5) is 1.89. The fourth-order valence-electron chi connectivity index (χ4n) is 1.84. The topological polar surface area (TPSA) is 15.3 Å². The van der Waals surface area contributed by atoms with E-state index in [0.717, 1.165) is 32.5 Å². The van der Waals surface area contributed by atoms with Crippen molar-refractivity contribution in [3.63, 3.8) is 0 Å². The quantitative estimate of drug-likeness (QED) is 0.768. The number of nitrogens with one attached hydrogen (secondary N) is 1. The molecule has 0 aromatic rings. The van der Waals surface area contributed by atoms with Gasteiger partial charge in [0.05, 0.1) is 6.42 Å². The fourth-order valence-corrected chi connectivity index (χ4v) is 1.84. The molecule has 1 fully saturated rings. The Balaban J connectivity index is 2.13. The highest BCUT2D eigenvalue weighted by Gasteiger charge is 2.30. The molecule has 0 aromatic carbocycles. The Bertz CT molecular complexity index is 182. The van der Waals surface area contributed by atoms with Crippen LogP contribution in [0.3, 0.4) is 0 Å². The molecule has 0 aromatic heterocycles. The van der Waals surface area contributed by atoms with Crippen molar-refractivity contribution in [2.45, 2.75) is 38.4 Å². The second-order valence-corrected chi connectivity index (χ2v) is 4.11. The number of likely N-dealkylation sites (tertiary alicyclic amines) is 1. The van der Waals surface area contributed by atoms with Crippen LogP contribution in [0.25, 0.3) is 0 Å². The molecule has 0 radical (unpaired) electrons. The largest absolute Gasteiger partial charge is 0.390 e. The Labute approximate surface area is 88.8 Å². The lowest BCUT2D eigenvalue weighted by molar-refractivity contribution is -0.137. The van der Waals surface area contributed by atoms with Gasteiger partial charge in [0, 0.05) is 19.1 Å². The molecule has 1 heterocycles. The lowest BCUT2D eigenvalue weighted by atomic mass is 10.2. The summed E-state index contributed by atoms with van der Waals surface area (Å²) in [5.74, 6) is 0. The smallest absolute Gasteiger partial charge is 0.313 e. The Kier molecular flexibility index (Phi) is 4.86. The number of hydrogen-bond donors (Lipinski definition) is 1. The molecule has 0 amide bonds. The summed E-state index contributed by atoms with van der Waals surface area (Å²) < 4.78 is 35.9. The van der Waals surface area contributed by atoms with Crippen LogP contribution in [0, 0.1) is 0 Å². The molecular formula is C10H19F3N2. The van der Waals surface area contributed by atoms with Crippen LogP contribution in [0.5, 0.6) is 0 Å². The Hall–Kier alpha value is -0.290. The first-order valence-electron chi connectivity index (χ1n) is 5.54. The summed E-state index contributed by atoms with van der Waals surface area (Å²) in [6.07, 6.45) is -2.67. The Morgan fingerprint density at radius 1 is 1.40 bits per heavy atom. The van der Waals surface area contributed by atoms with E-state index >= 15 is 0 Å². The van der Waals surface area contributed by atoms with Gasteiger partial charge >= 0.3 is 6.18 Å². The highest BCUT2D eigenvalue weighted by molar-refractivity contribution is 4.80. The zero-order chi connectivity index (χ0) is 11.3. The molecular weight excluding hydrogens is 205 g/mol. The van der Waals surface area contributed by atoms with Gasteiger partial charge in [-0.1, -0.05) is 6.92 Å². The van der Waals surface area contributed by atoms with Gasteiger partial charge in [-0.15, -0.1) is 0 Å². The summed E-state index contributed by atoms with van der Waals surface area (Å²) in [5.41, 5.74) is 0. The predicted octanol–water partition coefficient (Wildman–Crippen LogP) is 2.01. The number of hydrogen-bond acceptors (Lipinski definition) is 2. The van der Waals surface area contributed by atoms with Crippen LogP contribution >= 0.6 is 0 Å². The van der Waals surface area contributed by atoms with Crippen LogP contribution < -0.4 is 5.32 Å². The summed E-state index contributed by atoms with van der Waals surface area (Å²) >= 11 is 0. The highest BCUT2D eigenvalue weighted by atomic mass is 19.4. The molecule has 1 saturated heterocycles. The van der Waals surface area contributed by atoms with Crippen LogP contribution in [0.4, 0.5) is 13.2 Å². The maximum Gasteiger partial charge on any atom is 0.390 e. The minimum absolute atomic E-state index is 0.147. The van der Waals surface area contributed by atoms with Crippen molar-refractivity contribution < 1.29 is 13.2 Å². The third kappa shape index (κ3) is 5.37. The molecule has 1 N–H and O–H groups in total. The van der Waals surface area contributed by atoms with Gasteiger partial charge in [0.15, 0.2) is 0 Å². The molecule has 1 aliphatic rings. The molecule has 0 spiro atoms. The van der Waals surface area contributed by atoms with Crippen LogP contribution in [0.1, 0.15) is 26.2 Å². The van der Waals surface area contributed by atoms with Gasteiger partial charge in [0.25, 0.3) is 0 Å². The molecule has 2 nitrogen and oxygen atoms in total. The first-order valence-corrected chi connectivity index (χ1v) is 5.54. The van der Waals surface area contributed by atoms with Crippen LogP contribution in [-0.4, -0.2) is 43.3 Å². The monoisotopic (exact) mass is 224 g/mol. The maximum atomic E-state index is 12.0. The summed E-state index contributed by atoms with van der Waals surface area (Å²) in [5, 5.41) is 3.34. The van der Waals surface area contributed by atoms with E-state index in [1.54, 1.807) is 0 Å². The van der Waals surface area contributed by atoms with E-state index in [1.807, 2.05) is 4.90 Å². The van der Waals surface area contributed by atoms with Crippen molar-refractivity contribution in [2.75, 3.05) is 26.2 Å². The van der Waals surface area contributed by atoms with Crippen molar-refractivity contribution in [1.82, 2.24) is 10.2 Å². The number of halogens is 3. The lowest BCUT2D eigenvalue weighted by Crippen LogP contribution is -2.34. The molecule has 0 saturated carbocycles. The highest BCUT2D eigenvalue weighted by Crippen LogP contribution is 2.21. The lowest BCUT2D eigenvalue weighted by Gasteiger charge is -2.17. The Morgan fingerprint density at radius 3 is 2.73 bits per heavy atom. The molecule has 15 heavy (non-hydrogen) atoms. The van der Waals surface area contributed by atoms with Crippen LogP contribution in [-0.2, 0) is 0 Å². The average molecular weight is 224 g/mol. The molecule has 1 aliphatic heterocycles. The van der Waals surface area contributed by atoms with Crippen LogP contribution in [0.15, 0.2) is 0 Å². The summed E-state index contributed by atoms with van der Waals surface area (Å²) in [6.45, 7) is 4.74. The molecule has 0 bridgehead atoms. The van der Waals surface area contributed by atoms with Gasteiger partial charge in [-0.05, 0) is 25.9 Å². The zero-order valence-electron chi connectivity index (χ0n) is 9.11. The van der Waals surface area contributed by atoms with Crippen molar-refractivity contribution in [3.8, 4) is 0 Å². The zero-order valence-corrected chi connectivity index (χ0v) is 9.11. The van der Waals surface area contributed by atoms with E-state index in [2.05, 4.69) is 12.2 Å². The van der Waals surface area contributed by atoms with E-state index in [9.17, 15) is 13.2 Å². The third-order valence-electron chi connectivity index (χ3n) is 2.67. The van der Waals surface area contributed by atoms with Gasteiger partial charge in [-0.25, -0.2) is 0 Å². The second-order valence-electron chi connectivity index (χ2n) is 4.11. The predicted molar refractivity (Wildman–Crippen MR) is 53.8 cm³/mol. The number of nitrogens with zero attached hydrogens (tertiary/aromatic N) is 1. The van der Waals surface area contributed by atoms with Crippen molar-refractivity contribution in [1.29, 1.82) is 0 Å². The standard InChI is InChI=1S/C10H19F3N2/c1-2-5-14-9-3-6-15(8-9)7-4-10(11,12)13/h9,14H,2-8H2,1H3. The van der Waals surface area contributed by atoms with Crippen molar-refractivity contribution in [3.05, 3.63) is 0 Å². The van der Waals surface area contributed by atoms with Crippen molar-refractivity contribution in [2.24, 2.45) is 0 Å². The minimum Gasteiger partial charge on any atom is -0.313 e. The van der Waals surface area contributed by atoms with Gasteiger partial charge < -0.3 is 10.2 Å². The van der Waals surface area contributed by atoms with Gasteiger partial charge in [-0.2, -0.15) is 13.2 Å². The molecule has 90 valence electrons. The molecule has 1 atom stereocenters. The van der Waals surface area contributed by atoms with E-state index < -0.39 is 12.6 Å². The fraction of sp³-hybridized carbons (Fsp3) is 1.00. The first kappa shape index (κ1) is 12.8. The van der Waals surface area contributed by atoms with E-state index in [0.29, 0.717) is 6.04 Å². The summed E-state index contributed by atoms with van der Waals surface area (Å²) in [6, 6.07) is 0.387. The normalized spacial score (nSPS) is 23.6. The summed E-state index contributed by atoms with van der Waals surface area (Å²) in [7, 11) is 0. The molecule has 5 heteroatoms. The minimum atomic E-state index is -4.02. The average Bonchev–Trinajstić information content (AvgIpc) is 2.58. The number of rotatable bonds is 5. The first-order chi connectivity index (χ1) is 7.01. The molecule has 1 rings (SSSR count). The van der Waals surface area contributed by atoms with E-state index in [-0.39, 0.29) is 6.54 Å². The SMILES string of the molecule is CCCNC1CCN(CCC(F)(F)F)C1. The molecule has 1 unspecified atom stereocenters. The van der Waals surface area contributed by atoms with E-state index in [4.69, 9.17) is 0 Å². The van der Waals surface area contributed by atoms with Gasteiger partial charge in [0.1, 0.15) is 0 Å².